The van der Waals surface area contributed by atoms with E-state index in [1.165, 1.54) is 18.2 Å². The summed E-state index contributed by atoms with van der Waals surface area (Å²) in [5.41, 5.74) is 5.40. The maximum atomic E-state index is 10.3. The van der Waals surface area contributed by atoms with E-state index in [1.54, 1.807) is 0 Å². The van der Waals surface area contributed by atoms with Gasteiger partial charge in [0.1, 0.15) is 0 Å². The summed E-state index contributed by atoms with van der Waals surface area (Å²) in [6.07, 6.45) is 0. The second-order valence-corrected chi connectivity index (χ2v) is 2.46. The van der Waals surface area contributed by atoms with E-state index < -0.39 is 5.97 Å². The van der Waals surface area contributed by atoms with Gasteiger partial charge in [-0.25, -0.2) is 0 Å². The summed E-state index contributed by atoms with van der Waals surface area (Å²) in [4.78, 5) is 10.3. The number of anilines is 1. The van der Waals surface area contributed by atoms with Crippen LogP contribution < -0.4 is 40.4 Å². The van der Waals surface area contributed by atoms with Crippen molar-refractivity contribution in [2.24, 2.45) is 0 Å². The first-order valence-electron chi connectivity index (χ1n) is 2.87. The minimum Gasteiger partial charge on any atom is -0.545 e. The average molecular weight is 194 g/mol. The van der Waals surface area contributed by atoms with E-state index in [0.29, 0.717) is 5.02 Å². The predicted octanol–water partition coefficient (Wildman–Crippen LogP) is -2.71. The van der Waals surface area contributed by atoms with Crippen LogP contribution in [0.3, 0.4) is 0 Å². The van der Waals surface area contributed by atoms with Crippen molar-refractivity contribution in [2.75, 3.05) is 5.73 Å². The van der Waals surface area contributed by atoms with Gasteiger partial charge >= 0.3 is 29.6 Å². The van der Waals surface area contributed by atoms with Crippen LogP contribution in [-0.2, 0) is 0 Å². The Labute approximate surface area is 96.8 Å². The molecule has 2 N–H and O–H groups in total. The zero-order chi connectivity index (χ0) is 8.43. The van der Waals surface area contributed by atoms with Crippen LogP contribution >= 0.6 is 11.6 Å². The molecule has 0 aliphatic rings. The molecule has 3 nitrogen and oxygen atoms in total. The van der Waals surface area contributed by atoms with Crippen LogP contribution in [0, 0.1) is 0 Å². The van der Waals surface area contributed by atoms with Gasteiger partial charge in [0.05, 0.1) is 5.97 Å². The Morgan fingerprint density at radius 3 is 2.50 bits per heavy atom. The van der Waals surface area contributed by atoms with E-state index in [9.17, 15) is 9.90 Å². The molecule has 0 aliphatic heterocycles. The number of hydrogen-bond donors (Lipinski definition) is 1. The van der Waals surface area contributed by atoms with Crippen LogP contribution in [0.1, 0.15) is 10.4 Å². The normalized spacial score (nSPS) is 8.75. The van der Waals surface area contributed by atoms with Crippen molar-refractivity contribution in [3.8, 4) is 0 Å². The molecule has 0 aliphatic carbocycles. The number of carboxylic acid groups (broad SMARTS) is 1. The van der Waals surface area contributed by atoms with Gasteiger partial charge in [-0.15, -0.1) is 0 Å². The second kappa shape index (κ2) is 4.72. The Balaban J connectivity index is 0.00000121. The summed E-state index contributed by atoms with van der Waals surface area (Å²) in [5.74, 6) is -1.31. The van der Waals surface area contributed by atoms with E-state index in [1.807, 2.05) is 0 Å². The Bertz CT molecular complexity index is 303. The zero-order valence-corrected chi connectivity index (χ0v) is 9.26. The molecule has 0 heterocycles. The van der Waals surface area contributed by atoms with Crippen molar-refractivity contribution in [3.63, 3.8) is 0 Å². The summed E-state index contributed by atoms with van der Waals surface area (Å²) in [7, 11) is 0. The van der Waals surface area contributed by atoms with Gasteiger partial charge in [0.2, 0.25) is 0 Å². The maximum Gasteiger partial charge on any atom is 1.00 e. The van der Waals surface area contributed by atoms with Crippen LogP contribution in [0.4, 0.5) is 5.69 Å². The number of aromatic carboxylic acids is 1. The summed E-state index contributed by atoms with van der Waals surface area (Å²) in [6, 6.07) is 4.20. The van der Waals surface area contributed by atoms with Crippen LogP contribution in [-0.4, -0.2) is 5.97 Å². The fraction of sp³-hybridized carbons (Fsp3) is 0. The average Bonchev–Trinajstić information content (AvgIpc) is 1.94. The quantitative estimate of drug-likeness (QED) is 0.390. The fourth-order valence-corrected chi connectivity index (χ4v) is 0.877. The zero-order valence-electron chi connectivity index (χ0n) is 6.50. The largest absolute Gasteiger partial charge is 1.00 e. The van der Waals surface area contributed by atoms with E-state index >= 15 is 0 Å². The van der Waals surface area contributed by atoms with E-state index in [0.717, 1.165) is 0 Å². The van der Waals surface area contributed by atoms with Gasteiger partial charge in [0, 0.05) is 16.3 Å². The predicted molar refractivity (Wildman–Crippen MR) is 40.2 cm³/mol. The molecule has 0 unspecified atom stereocenters. The number of benzene rings is 1. The first-order chi connectivity index (χ1) is 5.11. The molecule has 12 heavy (non-hydrogen) atoms. The van der Waals surface area contributed by atoms with Crippen molar-refractivity contribution in [3.05, 3.63) is 28.8 Å². The molecular weight excluding hydrogens is 189 g/mol. The number of nitrogens with two attached hydrogens (primary N) is 1. The molecule has 0 saturated carbocycles. The number of carbonyl (C=O) groups is 1. The Hall–Kier alpha value is -0.220. The number of nitrogen functional groups attached to an aromatic ring is 1. The molecule has 0 bridgehead atoms. The minimum atomic E-state index is -1.31. The van der Waals surface area contributed by atoms with E-state index in [-0.39, 0.29) is 40.8 Å². The number of carbonyl (C=O) groups excluding carboxylic acids is 1. The Morgan fingerprint density at radius 1 is 1.50 bits per heavy atom. The first-order valence-corrected chi connectivity index (χ1v) is 3.25. The molecule has 0 saturated heterocycles. The van der Waals surface area contributed by atoms with Crippen LogP contribution in [0.5, 0.6) is 0 Å². The molecule has 0 spiro atoms. The molecule has 0 fully saturated rings. The molecule has 0 amide bonds. The van der Waals surface area contributed by atoms with Crippen LogP contribution in [0.15, 0.2) is 18.2 Å². The third-order valence-electron chi connectivity index (χ3n) is 1.24. The second-order valence-electron chi connectivity index (χ2n) is 2.02. The molecule has 58 valence electrons. The van der Waals surface area contributed by atoms with E-state index in [2.05, 4.69) is 0 Å². The van der Waals surface area contributed by atoms with E-state index in [4.69, 9.17) is 17.3 Å². The summed E-state index contributed by atoms with van der Waals surface area (Å²) in [6.45, 7) is 0. The molecular formula is C7H5ClNNaO2. The van der Waals surface area contributed by atoms with Gasteiger partial charge in [-0.05, 0) is 18.2 Å². The summed E-state index contributed by atoms with van der Waals surface area (Å²) in [5, 5.41) is 10.7. The van der Waals surface area contributed by atoms with Crippen molar-refractivity contribution < 1.29 is 39.5 Å². The van der Waals surface area contributed by atoms with Gasteiger partial charge in [-0.2, -0.15) is 0 Å². The fourth-order valence-electron chi connectivity index (χ4n) is 0.705. The number of rotatable bonds is 1. The number of halogens is 1. The number of hydrogen-bond acceptors (Lipinski definition) is 3. The smallest absolute Gasteiger partial charge is 0.545 e. The molecule has 0 radical (unpaired) electrons. The van der Waals surface area contributed by atoms with Gasteiger partial charge in [-0.3, -0.25) is 0 Å². The van der Waals surface area contributed by atoms with Crippen molar-refractivity contribution in [2.45, 2.75) is 0 Å². The molecule has 1 aromatic rings. The maximum absolute atomic E-state index is 10.3. The molecule has 0 aromatic heterocycles. The SMILES string of the molecule is Nc1ccc(Cl)cc1C(=O)[O-].[Na+]. The Morgan fingerprint density at radius 2 is 2.08 bits per heavy atom. The molecule has 1 aromatic carbocycles. The third-order valence-corrected chi connectivity index (χ3v) is 1.47. The Kier molecular flexibility index (Phi) is 4.63. The van der Waals surface area contributed by atoms with Gasteiger partial charge < -0.3 is 15.6 Å². The van der Waals surface area contributed by atoms with Crippen molar-refractivity contribution in [1.29, 1.82) is 0 Å². The monoisotopic (exact) mass is 193 g/mol. The third kappa shape index (κ3) is 2.68. The molecule has 1 rings (SSSR count). The van der Waals surface area contributed by atoms with Crippen molar-refractivity contribution >= 4 is 23.3 Å². The van der Waals surface area contributed by atoms with Crippen LogP contribution in [0.2, 0.25) is 5.02 Å². The van der Waals surface area contributed by atoms with Gasteiger partial charge in [0.15, 0.2) is 0 Å². The first kappa shape index (κ1) is 11.8. The minimum absolute atomic E-state index is 0. The standard InChI is InChI=1S/C7H6ClNO2.Na/c8-4-1-2-6(9)5(3-4)7(10)11;/h1-3H,9H2,(H,10,11);/q;+1/p-1. The summed E-state index contributed by atoms with van der Waals surface area (Å²) >= 11 is 5.51. The van der Waals surface area contributed by atoms with Crippen molar-refractivity contribution in [1.82, 2.24) is 0 Å². The molecule has 0 atom stereocenters. The van der Waals surface area contributed by atoms with Gasteiger partial charge in [-0.1, -0.05) is 11.6 Å². The van der Waals surface area contributed by atoms with Crippen LogP contribution in [0.25, 0.3) is 0 Å². The number of carboxylic acids is 1. The topological polar surface area (TPSA) is 66.2 Å². The van der Waals surface area contributed by atoms with Gasteiger partial charge in [0.25, 0.3) is 0 Å². The molecule has 5 heteroatoms. The summed E-state index contributed by atoms with van der Waals surface area (Å²) < 4.78 is 0.